The molecule has 1 aromatic heterocycles. The van der Waals surface area contributed by atoms with Crippen molar-refractivity contribution in [3.05, 3.63) is 40.0 Å². The summed E-state index contributed by atoms with van der Waals surface area (Å²) in [4.78, 5) is 5.47. The van der Waals surface area contributed by atoms with E-state index in [-0.39, 0.29) is 5.82 Å². The number of aromatic nitrogens is 1. The van der Waals surface area contributed by atoms with Gasteiger partial charge in [0.1, 0.15) is 5.82 Å². The molecule has 84 valence electrons. The average Bonchev–Trinajstić information content (AvgIpc) is 2.71. The summed E-state index contributed by atoms with van der Waals surface area (Å²) >= 11 is 7.32. The Kier molecular flexibility index (Phi) is 3.56. The first kappa shape index (κ1) is 11.6. The maximum Gasteiger partial charge on any atom is 0.126 e. The molecule has 1 aromatic carbocycles. The van der Waals surface area contributed by atoms with Crippen molar-refractivity contribution in [3.8, 4) is 11.3 Å². The van der Waals surface area contributed by atoms with Gasteiger partial charge in [-0.05, 0) is 37.1 Å². The Hall–Kier alpha value is -0.930. The monoisotopic (exact) mass is 255 g/mol. The van der Waals surface area contributed by atoms with Crippen LogP contribution in [-0.4, -0.2) is 10.9 Å². The minimum absolute atomic E-state index is 0.183. The minimum atomic E-state index is -0.183. The van der Waals surface area contributed by atoms with Crippen LogP contribution in [-0.2, 0) is 6.42 Å². The van der Waals surface area contributed by atoms with Crippen molar-refractivity contribution in [1.29, 1.82) is 0 Å². The van der Waals surface area contributed by atoms with Crippen LogP contribution in [0.25, 0.3) is 11.3 Å². The number of nitrogens with zero attached hydrogens (tertiary/aromatic N) is 1. The normalized spacial score (nSPS) is 10.7. The molecule has 0 saturated carbocycles. The predicted octanol–water partition coefficient (Wildman–Crippen LogP) is 4.04. The molecule has 0 fully saturated rings. The number of hydrogen-bond donors (Lipinski definition) is 0. The number of thiazole rings is 1. The molecule has 4 heteroatoms. The quantitative estimate of drug-likeness (QED) is 0.755. The summed E-state index contributed by atoms with van der Waals surface area (Å²) in [7, 11) is 0. The summed E-state index contributed by atoms with van der Waals surface area (Å²) in [6, 6.07) is 5.06. The minimum Gasteiger partial charge on any atom is -0.244 e. The molecule has 0 N–H and O–H groups in total. The molecule has 0 unspecified atom stereocenters. The summed E-state index contributed by atoms with van der Waals surface area (Å²) in [6.45, 7) is 1.76. The van der Waals surface area contributed by atoms with E-state index >= 15 is 0 Å². The third kappa shape index (κ3) is 2.25. The van der Waals surface area contributed by atoms with Crippen molar-refractivity contribution in [2.75, 3.05) is 5.88 Å². The van der Waals surface area contributed by atoms with E-state index in [1.807, 2.05) is 6.07 Å². The second-order valence-corrected chi connectivity index (χ2v) is 4.84. The van der Waals surface area contributed by atoms with Crippen LogP contribution in [0.2, 0.25) is 0 Å². The Labute approximate surface area is 103 Å². The van der Waals surface area contributed by atoms with Gasteiger partial charge in [-0.1, -0.05) is 0 Å². The molecule has 16 heavy (non-hydrogen) atoms. The standard InChI is InChI=1S/C12H11ClFNS/c1-8-6-9(2-3-10(8)14)12-11(4-5-13)16-7-15-12/h2-3,6-7H,4-5H2,1H3. The zero-order valence-corrected chi connectivity index (χ0v) is 10.4. The lowest BCUT2D eigenvalue weighted by molar-refractivity contribution is 0.619. The fourth-order valence-corrected chi connectivity index (χ4v) is 2.65. The van der Waals surface area contributed by atoms with Gasteiger partial charge >= 0.3 is 0 Å². The van der Waals surface area contributed by atoms with Gasteiger partial charge in [0, 0.05) is 16.3 Å². The molecule has 0 aliphatic rings. The fraction of sp³-hybridized carbons (Fsp3) is 0.250. The van der Waals surface area contributed by atoms with Crippen LogP contribution in [0.4, 0.5) is 4.39 Å². The zero-order valence-electron chi connectivity index (χ0n) is 8.84. The van der Waals surface area contributed by atoms with Gasteiger partial charge in [0.05, 0.1) is 11.2 Å². The summed E-state index contributed by atoms with van der Waals surface area (Å²) in [5, 5.41) is 0. The van der Waals surface area contributed by atoms with E-state index in [4.69, 9.17) is 11.6 Å². The molecule has 0 saturated heterocycles. The van der Waals surface area contributed by atoms with E-state index < -0.39 is 0 Å². The smallest absolute Gasteiger partial charge is 0.126 e. The predicted molar refractivity (Wildman–Crippen MR) is 66.7 cm³/mol. The highest BCUT2D eigenvalue weighted by molar-refractivity contribution is 7.10. The first-order chi connectivity index (χ1) is 7.72. The van der Waals surface area contributed by atoms with E-state index in [0.717, 1.165) is 22.6 Å². The SMILES string of the molecule is Cc1cc(-c2ncsc2CCCl)ccc1F. The maximum atomic E-state index is 13.2. The Morgan fingerprint density at radius 2 is 2.25 bits per heavy atom. The zero-order chi connectivity index (χ0) is 11.5. The largest absolute Gasteiger partial charge is 0.244 e. The summed E-state index contributed by atoms with van der Waals surface area (Å²) in [6.07, 6.45) is 0.804. The van der Waals surface area contributed by atoms with Crippen molar-refractivity contribution in [3.63, 3.8) is 0 Å². The van der Waals surface area contributed by atoms with Gasteiger partial charge in [-0.15, -0.1) is 22.9 Å². The first-order valence-corrected chi connectivity index (χ1v) is 6.38. The molecule has 0 aliphatic carbocycles. The molecule has 1 nitrogen and oxygen atoms in total. The highest BCUT2D eigenvalue weighted by Crippen LogP contribution is 2.27. The molecule has 0 atom stereocenters. The third-order valence-electron chi connectivity index (χ3n) is 2.39. The highest BCUT2D eigenvalue weighted by Gasteiger charge is 2.09. The molecular weight excluding hydrogens is 245 g/mol. The molecule has 0 spiro atoms. The van der Waals surface area contributed by atoms with Crippen molar-refractivity contribution >= 4 is 22.9 Å². The van der Waals surface area contributed by atoms with Crippen LogP contribution in [0, 0.1) is 12.7 Å². The molecule has 0 bridgehead atoms. The topological polar surface area (TPSA) is 12.9 Å². The second kappa shape index (κ2) is 4.93. The van der Waals surface area contributed by atoms with E-state index in [2.05, 4.69) is 4.98 Å². The lowest BCUT2D eigenvalue weighted by Crippen LogP contribution is -1.89. The Morgan fingerprint density at radius 1 is 1.44 bits per heavy atom. The number of alkyl halides is 1. The van der Waals surface area contributed by atoms with Gasteiger partial charge in [0.2, 0.25) is 0 Å². The number of halogens is 2. The molecule has 2 aromatic rings. The molecule has 1 heterocycles. The van der Waals surface area contributed by atoms with Gasteiger partial charge in [-0.3, -0.25) is 0 Å². The van der Waals surface area contributed by atoms with Crippen molar-refractivity contribution in [2.45, 2.75) is 13.3 Å². The summed E-state index contributed by atoms with van der Waals surface area (Å²) in [5.74, 6) is 0.396. The number of hydrogen-bond acceptors (Lipinski definition) is 2. The molecule has 0 aliphatic heterocycles. The van der Waals surface area contributed by atoms with Crippen LogP contribution in [0.3, 0.4) is 0 Å². The van der Waals surface area contributed by atoms with Gasteiger partial charge in [-0.25, -0.2) is 9.37 Å². The fourth-order valence-electron chi connectivity index (χ4n) is 1.56. The maximum absolute atomic E-state index is 13.2. The number of aryl methyl sites for hydroxylation is 2. The second-order valence-electron chi connectivity index (χ2n) is 3.53. The van der Waals surface area contributed by atoms with Gasteiger partial charge in [0.15, 0.2) is 0 Å². The van der Waals surface area contributed by atoms with E-state index in [1.54, 1.807) is 29.8 Å². The van der Waals surface area contributed by atoms with E-state index in [0.29, 0.717) is 11.4 Å². The average molecular weight is 256 g/mol. The Balaban J connectivity index is 2.42. The van der Waals surface area contributed by atoms with Gasteiger partial charge in [0.25, 0.3) is 0 Å². The van der Waals surface area contributed by atoms with Crippen molar-refractivity contribution in [2.24, 2.45) is 0 Å². The van der Waals surface area contributed by atoms with Crippen LogP contribution < -0.4 is 0 Å². The number of rotatable bonds is 3. The van der Waals surface area contributed by atoms with E-state index in [9.17, 15) is 4.39 Å². The lowest BCUT2D eigenvalue weighted by atomic mass is 10.1. The molecular formula is C12H11ClFNS. The van der Waals surface area contributed by atoms with Gasteiger partial charge in [-0.2, -0.15) is 0 Å². The summed E-state index contributed by atoms with van der Waals surface area (Å²) < 4.78 is 13.2. The van der Waals surface area contributed by atoms with Crippen molar-refractivity contribution < 1.29 is 4.39 Å². The van der Waals surface area contributed by atoms with E-state index in [1.165, 1.54) is 6.07 Å². The highest BCUT2D eigenvalue weighted by atomic mass is 35.5. The van der Waals surface area contributed by atoms with Crippen LogP contribution in [0.5, 0.6) is 0 Å². The van der Waals surface area contributed by atoms with Gasteiger partial charge < -0.3 is 0 Å². The van der Waals surface area contributed by atoms with Crippen LogP contribution in [0.1, 0.15) is 10.4 Å². The van der Waals surface area contributed by atoms with Crippen LogP contribution in [0.15, 0.2) is 23.7 Å². The molecule has 2 rings (SSSR count). The first-order valence-electron chi connectivity index (χ1n) is 4.97. The summed E-state index contributed by atoms with van der Waals surface area (Å²) in [5.41, 5.74) is 4.33. The Bertz CT molecular complexity index is 496. The van der Waals surface area contributed by atoms with Crippen LogP contribution >= 0.6 is 22.9 Å². The molecule has 0 amide bonds. The van der Waals surface area contributed by atoms with Crippen molar-refractivity contribution in [1.82, 2.24) is 4.98 Å². The number of benzene rings is 1. The Morgan fingerprint density at radius 3 is 2.94 bits per heavy atom. The lowest BCUT2D eigenvalue weighted by Gasteiger charge is -2.03. The third-order valence-corrected chi connectivity index (χ3v) is 3.48. The molecule has 0 radical (unpaired) electrons.